The Morgan fingerprint density at radius 3 is 2.53 bits per heavy atom. The Kier molecular flexibility index (Phi) is 4.09. The molecule has 0 fully saturated rings. The predicted molar refractivity (Wildman–Crippen MR) is 76.3 cm³/mol. The van der Waals surface area contributed by atoms with Crippen LogP contribution < -0.4 is 10.5 Å². The zero-order valence-electron chi connectivity index (χ0n) is 10.0. The Labute approximate surface area is 117 Å². The minimum atomic E-state index is -3.59. The van der Waals surface area contributed by atoms with Crippen LogP contribution in [-0.4, -0.2) is 8.42 Å². The summed E-state index contributed by atoms with van der Waals surface area (Å²) in [7, 11) is -3.59. The third-order valence-corrected chi connectivity index (χ3v) is 4.25. The van der Waals surface area contributed by atoms with Crippen LogP contribution in [0.1, 0.15) is 5.56 Å². The van der Waals surface area contributed by atoms with Gasteiger partial charge < -0.3 is 5.73 Å². The second-order valence-electron chi connectivity index (χ2n) is 3.98. The molecule has 0 radical (unpaired) electrons. The molecule has 100 valence electrons. The van der Waals surface area contributed by atoms with Crippen molar-refractivity contribution in [1.82, 2.24) is 4.72 Å². The van der Waals surface area contributed by atoms with Crippen LogP contribution in [0, 0.1) is 0 Å². The van der Waals surface area contributed by atoms with Gasteiger partial charge >= 0.3 is 0 Å². The number of nitrogens with one attached hydrogen (secondary N) is 1. The standard InChI is InChI=1S/C13H13ClN2O2S/c14-11-5-3-6-12(8-11)19(17,18)16-9-10-4-1-2-7-13(10)15/h1-8,16H,9,15H2. The highest BCUT2D eigenvalue weighted by atomic mass is 35.5. The molecule has 0 atom stereocenters. The van der Waals surface area contributed by atoms with E-state index in [0.717, 1.165) is 5.56 Å². The van der Waals surface area contributed by atoms with Crippen molar-refractivity contribution >= 4 is 27.3 Å². The van der Waals surface area contributed by atoms with Gasteiger partial charge in [0.2, 0.25) is 10.0 Å². The Morgan fingerprint density at radius 1 is 1.11 bits per heavy atom. The fraction of sp³-hybridized carbons (Fsp3) is 0.0769. The van der Waals surface area contributed by atoms with Gasteiger partial charge in [0.25, 0.3) is 0 Å². The van der Waals surface area contributed by atoms with Crippen LogP contribution in [0.3, 0.4) is 0 Å². The first-order valence-electron chi connectivity index (χ1n) is 5.58. The molecule has 4 nitrogen and oxygen atoms in total. The second kappa shape index (κ2) is 5.61. The van der Waals surface area contributed by atoms with Crippen molar-refractivity contribution in [3.05, 3.63) is 59.1 Å². The number of para-hydroxylation sites is 1. The van der Waals surface area contributed by atoms with Crippen molar-refractivity contribution in [3.63, 3.8) is 0 Å². The summed E-state index contributed by atoms with van der Waals surface area (Å²) in [5.74, 6) is 0. The summed E-state index contributed by atoms with van der Waals surface area (Å²) < 4.78 is 26.6. The first kappa shape index (κ1) is 13.9. The van der Waals surface area contributed by atoms with Crippen molar-refractivity contribution in [2.75, 3.05) is 5.73 Å². The number of hydrogen-bond donors (Lipinski definition) is 2. The molecule has 0 saturated heterocycles. The van der Waals surface area contributed by atoms with E-state index in [4.69, 9.17) is 17.3 Å². The molecule has 0 saturated carbocycles. The monoisotopic (exact) mass is 296 g/mol. The van der Waals surface area contributed by atoms with E-state index in [0.29, 0.717) is 10.7 Å². The minimum absolute atomic E-state index is 0.134. The maximum absolute atomic E-state index is 12.1. The molecule has 2 rings (SSSR count). The number of benzene rings is 2. The maximum atomic E-state index is 12.1. The first-order valence-corrected chi connectivity index (χ1v) is 7.44. The van der Waals surface area contributed by atoms with E-state index in [1.54, 1.807) is 36.4 Å². The molecule has 6 heteroatoms. The number of nitrogen functional groups attached to an aromatic ring is 1. The highest BCUT2D eigenvalue weighted by molar-refractivity contribution is 7.89. The van der Waals surface area contributed by atoms with E-state index >= 15 is 0 Å². The molecule has 0 amide bonds. The van der Waals surface area contributed by atoms with Crippen LogP contribution in [0.15, 0.2) is 53.4 Å². The molecular formula is C13H13ClN2O2S. The Balaban J connectivity index is 2.17. The van der Waals surface area contributed by atoms with Crippen molar-refractivity contribution in [3.8, 4) is 0 Å². The van der Waals surface area contributed by atoms with E-state index in [1.165, 1.54) is 12.1 Å². The largest absolute Gasteiger partial charge is 0.398 e. The van der Waals surface area contributed by atoms with E-state index in [-0.39, 0.29) is 11.4 Å². The fourth-order valence-corrected chi connectivity index (χ4v) is 2.89. The quantitative estimate of drug-likeness (QED) is 0.851. The van der Waals surface area contributed by atoms with E-state index in [1.807, 2.05) is 0 Å². The van der Waals surface area contributed by atoms with Crippen LogP contribution in [0.2, 0.25) is 5.02 Å². The normalized spacial score (nSPS) is 11.4. The fourth-order valence-electron chi connectivity index (χ4n) is 1.59. The third kappa shape index (κ3) is 3.47. The van der Waals surface area contributed by atoms with Crippen molar-refractivity contribution < 1.29 is 8.42 Å². The second-order valence-corrected chi connectivity index (χ2v) is 6.18. The lowest BCUT2D eigenvalue weighted by Gasteiger charge is -2.08. The molecular weight excluding hydrogens is 284 g/mol. The molecule has 0 aliphatic rings. The van der Waals surface area contributed by atoms with Gasteiger partial charge in [-0.2, -0.15) is 0 Å². The molecule has 0 aromatic heterocycles. The molecule has 0 unspecified atom stereocenters. The summed E-state index contributed by atoms with van der Waals surface area (Å²) in [5.41, 5.74) is 7.04. The first-order chi connectivity index (χ1) is 8.99. The van der Waals surface area contributed by atoms with Crippen LogP contribution in [0.25, 0.3) is 0 Å². The van der Waals surface area contributed by atoms with E-state index in [2.05, 4.69) is 4.72 Å². The Bertz CT molecular complexity index is 687. The smallest absolute Gasteiger partial charge is 0.240 e. The Morgan fingerprint density at radius 2 is 1.84 bits per heavy atom. The van der Waals surface area contributed by atoms with Gasteiger partial charge in [0.15, 0.2) is 0 Å². The van der Waals surface area contributed by atoms with Gasteiger partial charge in [-0.3, -0.25) is 0 Å². The third-order valence-electron chi connectivity index (χ3n) is 2.61. The lowest BCUT2D eigenvalue weighted by atomic mass is 10.2. The number of rotatable bonds is 4. The average molecular weight is 297 g/mol. The summed E-state index contributed by atoms with van der Waals surface area (Å²) >= 11 is 5.78. The van der Waals surface area contributed by atoms with Gasteiger partial charge in [0.05, 0.1) is 4.90 Å². The number of anilines is 1. The van der Waals surface area contributed by atoms with Gasteiger partial charge in [-0.25, -0.2) is 13.1 Å². The molecule has 3 N–H and O–H groups in total. The number of nitrogens with two attached hydrogens (primary N) is 1. The van der Waals surface area contributed by atoms with Crippen LogP contribution >= 0.6 is 11.6 Å². The summed E-state index contributed by atoms with van der Waals surface area (Å²) in [6.45, 7) is 0.140. The van der Waals surface area contributed by atoms with Crippen molar-refractivity contribution in [2.24, 2.45) is 0 Å². The van der Waals surface area contributed by atoms with Crippen LogP contribution in [-0.2, 0) is 16.6 Å². The topological polar surface area (TPSA) is 72.2 Å². The number of hydrogen-bond acceptors (Lipinski definition) is 3. The molecule has 0 bridgehead atoms. The van der Waals surface area contributed by atoms with Gasteiger partial charge in [0.1, 0.15) is 0 Å². The van der Waals surface area contributed by atoms with E-state index < -0.39 is 10.0 Å². The maximum Gasteiger partial charge on any atom is 0.240 e. The average Bonchev–Trinajstić information content (AvgIpc) is 2.38. The lowest BCUT2D eigenvalue weighted by Crippen LogP contribution is -2.23. The van der Waals surface area contributed by atoms with Gasteiger partial charge in [-0.05, 0) is 29.8 Å². The molecule has 19 heavy (non-hydrogen) atoms. The van der Waals surface area contributed by atoms with Gasteiger partial charge in [-0.1, -0.05) is 35.9 Å². The molecule has 0 heterocycles. The number of sulfonamides is 1. The minimum Gasteiger partial charge on any atom is -0.398 e. The zero-order chi connectivity index (χ0) is 13.9. The molecule has 0 spiro atoms. The van der Waals surface area contributed by atoms with E-state index in [9.17, 15) is 8.42 Å². The lowest BCUT2D eigenvalue weighted by molar-refractivity contribution is 0.581. The van der Waals surface area contributed by atoms with Gasteiger partial charge in [0, 0.05) is 17.3 Å². The van der Waals surface area contributed by atoms with Crippen LogP contribution in [0.4, 0.5) is 5.69 Å². The highest BCUT2D eigenvalue weighted by Gasteiger charge is 2.14. The van der Waals surface area contributed by atoms with Crippen LogP contribution in [0.5, 0.6) is 0 Å². The molecule has 2 aromatic carbocycles. The summed E-state index contributed by atoms with van der Waals surface area (Å²) in [5, 5.41) is 0.377. The van der Waals surface area contributed by atoms with Crippen molar-refractivity contribution in [1.29, 1.82) is 0 Å². The number of halogens is 1. The summed E-state index contributed by atoms with van der Waals surface area (Å²) in [6.07, 6.45) is 0. The predicted octanol–water partition coefficient (Wildman–Crippen LogP) is 2.40. The van der Waals surface area contributed by atoms with Crippen molar-refractivity contribution in [2.45, 2.75) is 11.4 Å². The summed E-state index contributed by atoms with van der Waals surface area (Å²) in [6, 6.07) is 13.2. The molecule has 0 aliphatic heterocycles. The molecule has 0 aliphatic carbocycles. The Hall–Kier alpha value is -1.56. The zero-order valence-corrected chi connectivity index (χ0v) is 11.6. The van der Waals surface area contributed by atoms with Gasteiger partial charge in [-0.15, -0.1) is 0 Å². The SMILES string of the molecule is Nc1ccccc1CNS(=O)(=O)c1cccc(Cl)c1. The summed E-state index contributed by atoms with van der Waals surface area (Å²) in [4.78, 5) is 0.134. The molecule has 2 aromatic rings. The highest BCUT2D eigenvalue weighted by Crippen LogP contribution is 2.16.